The van der Waals surface area contributed by atoms with E-state index in [4.69, 9.17) is 14.3 Å². The first kappa shape index (κ1) is 9.02. The molecule has 0 aromatic carbocycles. The maximum absolute atomic E-state index is 10.8. The molecule has 1 aliphatic rings. The second-order valence-corrected chi connectivity index (χ2v) is 3.15. The predicted molar refractivity (Wildman–Crippen MR) is 48.7 cm³/mol. The monoisotopic (exact) mass is 194 g/mol. The number of carbonyl (C=O) groups is 1. The molecule has 0 amide bonds. The molecular weight excluding hydrogens is 184 g/mol. The number of epoxide rings is 1. The summed E-state index contributed by atoms with van der Waals surface area (Å²) >= 11 is 0. The van der Waals surface area contributed by atoms with Crippen LogP contribution in [0.5, 0.6) is 0 Å². The molecule has 1 atom stereocenters. The zero-order valence-electron chi connectivity index (χ0n) is 7.47. The standard InChI is InChI=1S/C10H10O4/c11-10(12)7(5-9-6-14-9)4-8-2-1-3-13-8/h1-4,9H,5-6H2,(H,11,12). The number of hydrogen-bond donors (Lipinski definition) is 1. The van der Waals surface area contributed by atoms with Crippen LogP contribution in [0.15, 0.2) is 28.4 Å². The van der Waals surface area contributed by atoms with Gasteiger partial charge >= 0.3 is 5.97 Å². The summed E-state index contributed by atoms with van der Waals surface area (Å²) < 4.78 is 10.0. The fourth-order valence-corrected chi connectivity index (χ4v) is 1.18. The van der Waals surface area contributed by atoms with E-state index in [1.807, 2.05) is 0 Å². The van der Waals surface area contributed by atoms with Crippen molar-refractivity contribution in [3.63, 3.8) is 0 Å². The predicted octanol–water partition coefficient (Wildman–Crippen LogP) is 1.54. The molecule has 1 unspecified atom stereocenters. The highest BCUT2D eigenvalue weighted by Crippen LogP contribution is 2.21. The Hall–Kier alpha value is -1.55. The molecule has 74 valence electrons. The molecule has 1 aliphatic heterocycles. The summed E-state index contributed by atoms with van der Waals surface area (Å²) in [6, 6.07) is 3.44. The second kappa shape index (κ2) is 3.67. The number of carboxylic acids is 1. The summed E-state index contributed by atoms with van der Waals surface area (Å²) in [5.74, 6) is -0.361. The molecule has 1 N–H and O–H groups in total. The van der Waals surface area contributed by atoms with Crippen molar-refractivity contribution >= 4 is 12.0 Å². The molecule has 0 bridgehead atoms. The SMILES string of the molecule is O=C(O)C(=Cc1ccco1)CC1CO1. The van der Waals surface area contributed by atoms with Crippen LogP contribution in [0.4, 0.5) is 0 Å². The molecule has 0 saturated carbocycles. The molecular formula is C10H10O4. The van der Waals surface area contributed by atoms with Crippen LogP contribution in [0.2, 0.25) is 0 Å². The Labute approximate surface area is 80.8 Å². The van der Waals surface area contributed by atoms with Gasteiger partial charge in [-0.1, -0.05) is 0 Å². The number of furan rings is 1. The van der Waals surface area contributed by atoms with Gasteiger partial charge in [0.2, 0.25) is 0 Å². The van der Waals surface area contributed by atoms with Crippen molar-refractivity contribution in [1.82, 2.24) is 0 Å². The van der Waals surface area contributed by atoms with Gasteiger partial charge in [-0.3, -0.25) is 0 Å². The Balaban J connectivity index is 2.12. The van der Waals surface area contributed by atoms with Gasteiger partial charge in [0.1, 0.15) is 5.76 Å². The maximum Gasteiger partial charge on any atom is 0.331 e. The van der Waals surface area contributed by atoms with Gasteiger partial charge in [-0.2, -0.15) is 0 Å². The molecule has 0 aliphatic carbocycles. The van der Waals surface area contributed by atoms with Crippen LogP contribution in [-0.4, -0.2) is 23.8 Å². The van der Waals surface area contributed by atoms with Crippen LogP contribution in [0.1, 0.15) is 12.2 Å². The van der Waals surface area contributed by atoms with Crippen LogP contribution >= 0.6 is 0 Å². The fraction of sp³-hybridized carbons (Fsp3) is 0.300. The molecule has 0 radical (unpaired) electrons. The van der Waals surface area contributed by atoms with Gasteiger partial charge in [-0.15, -0.1) is 0 Å². The van der Waals surface area contributed by atoms with E-state index in [-0.39, 0.29) is 6.10 Å². The zero-order chi connectivity index (χ0) is 9.97. The van der Waals surface area contributed by atoms with E-state index in [9.17, 15) is 4.79 Å². The van der Waals surface area contributed by atoms with Gasteiger partial charge < -0.3 is 14.3 Å². The van der Waals surface area contributed by atoms with E-state index >= 15 is 0 Å². The van der Waals surface area contributed by atoms with Crippen molar-refractivity contribution in [2.45, 2.75) is 12.5 Å². The summed E-state index contributed by atoms with van der Waals surface area (Å²) in [6.45, 7) is 0.656. The van der Waals surface area contributed by atoms with Gasteiger partial charge in [0, 0.05) is 12.0 Å². The van der Waals surface area contributed by atoms with E-state index in [1.165, 1.54) is 12.3 Å². The number of carboxylic acid groups (broad SMARTS) is 1. The van der Waals surface area contributed by atoms with Gasteiger partial charge in [0.25, 0.3) is 0 Å². The van der Waals surface area contributed by atoms with E-state index in [1.54, 1.807) is 12.1 Å². The highest BCUT2D eigenvalue weighted by molar-refractivity contribution is 5.91. The highest BCUT2D eigenvalue weighted by atomic mass is 16.6. The Bertz CT molecular complexity index is 346. The second-order valence-electron chi connectivity index (χ2n) is 3.15. The fourth-order valence-electron chi connectivity index (χ4n) is 1.18. The third-order valence-corrected chi connectivity index (χ3v) is 1.98. The number of ether oxygens (including phenoxy) is 1. The lowest BCUT2D eigenvalue weighted by Crippen LogP contribution is -2.03. The van der Waals surface area contributed by atoms with E-state index < -0.39 is 5.97 Å². The molecule has 1 fully saturated rings. The Morgan fingerprint density at radius 3 is 3.00 bits per heavy atom. The number of rotatable bonds is 4. The average molecular weight is 194 g/mol. The minimum atomic E-state index is -0.920. The molecule has 14 heavy (non-hydrogen) atoms. The number of hydrogen-bond acceptors (Lipinski definition) is 3. The van der Waals surface area contributed by atoms with Crippen molar-refractivity contribution in [3.05, 3.63) is 29.7 Å². The minimum Gasteiger partial charge on any atom is -0.478 e. The van der Waals surface area contributed by atoms with Crippen LogP contribution in [-0.2, 0) is 9.53 Å². The molecule has 4 nitrogen and oxygen atoms in total. The third kappa shape index (κ3) is 2.23. The minimum absolute atomic E-state index is 0.0762. The Morgan fingerprint density at radius 2 is 2.50 bits per heavy atom. The van der Waals surface area contributed by atoms with Crippen LogP contribution in [0.3, 0.4) is 0 Å². The van der Waals surface area contributed by atoms with Gasteiger partial charge in [-0.25, -0.2) is 4.79 Å². The largest absolute Gasteiger partial charge is 0.478 e. The summed E-state index contributed by atoms with van der Waals surface area (Å²) in [5.41, 5.74) is 0.322. The molecule has 1 aromatic rings. The van der Waals surface area contributed by atoms with E-state index in [2.05, 4.69) is 0 Å². The number of aliphatic carboxylic acids is 1. The van der Waals surface area contributed by atoms with Gasteiger partial charge in [-0.05, 0) is 18.2 Å². The molecule has 4 heteroatoms. The van der Waals surface area contributed by atoms with Gasteiger partial charge in [0.05, 0.1) is 19.0 Å². The lowest BCUT2D eigenvalue weighted by Gasteiger charge is -1.97. The summed E-state index contributed by atoms with van der Waals surface area (Å²) in [6.07, 6.45) is 3.56. The van der Waals surface area contributed by atoms with Crippen molar-refractivity contribution in [3.8, 4) is 0 Å². The molecule has 1 aromatic heterocycles. The first-order valence-electron chi connectivity index (χ1n) is 4.34. The summed E-state index contributed by atoms with van der Waals surface area (Å²) in [4.78, 5) is 10.8. The summed E-state index contributed by atoms with van der Waals surface area (Å²) in [7, 11) is 0. The first-order valence-corrected chi connectivity index (χ1v) is 4.34. The van der Waals surface area contributed by atoms with Crippen LogP contribution in [0, 0.1) is 0 Å². The maximum atomic E-state index is 10.8. The third-order valence-electron chi connectivity index (χ3n) is 1.98. The smallest absolute Gasteiger partial charge is 0.331 e. The van der Waals surface area contributed by atoms with Crippen molar-refractivity contribution in [2.75, 3.05) is 6.61 Å². The van der Waals surface area contributed by atoms with Crippen molar-refractivity contribution in [1.29, 1.82) is 0 Å². The summed E-state index contributed by atoms with van der Waals surface area (Å²) in [5, 5.41) is 8.88. The molecule has 1 saturated heterocycles. The zero-order valence-corrected chi connectivity index (χ0v) is 7.47. The van der Waals surface area contributed by atoms with Gasteiger partial charge in [0.15, 0.2) is 0 Å². The van der Waals surface area contributed by atoms with E-state index in [0.29, 0.717) is 24.4 Å². The van der Waals surface area contributed by atoms with Crippen LogP contribution in [0.25, 0.3) is 6.08 Å². The lowest BCUT2D eigenvalue weighted by atomic mass is 10.1. The van der Waals surface area contributed by atoms with E-state index in [0.717, 1.165) is 0 Å². The normalized spacial score (nSPS) is 20.9. The molecule has 2 heterocycles. The first-order chi connectivity index (χ1) is 6.75. The lowest BCUT2D eigenvalue weighted by molar-refractivity contribution is -0.132. The topological polar surface area (TPSA) is 63.0 Å². The van der Waals surface area contributed by atoms with Crippen LogP contribution < -0.4 is 0 Å². The van der Waals surface area contributed by atoms with Crippen molar-refractivity contribution in [2.24, 2.45) is 0 Å². The average Bonchev–Trinajstić information content (AvgIpc) is 2.80. The van der Waals surface area contributed by atoms with Crippen molar-refractivity contribution < 1.29 is 19.1 Å². The Morgan fingerprint density at radius 1 is 1.71 bits per heavy atom. The molecule has 2 rings (SSSR count). The molecule has 0 spiro atoms. The quantitative estimate of drug-likeness (QED) is 0.583. The highest BCUT2D eigenvalue weighted by Gasteiger charge is 2.26. The Kier molecular flexibility index (Phi) is 2.37.